The minimum absolute atomic E-state index is 0.0493. The van der Waals surface area contributed by atoms with Crippen molar-refractivity contribution in [3.63, 3.8) is 0 Å². The predicted molar refractivity (Wildman–Crippen MR) is 76.6 cm³/mol. The first-order chi connectivity index (χ1) is 9.81. The molecular weight excluding hydrogens is 300 g/mol. The fourth-order valence-corrected chi connectivity index (χ4v) is 2.35. The van der Waals surface area contributed by atoms with Crippen molar-refractivity contribution in [2.24, 2.45) is 0 Å². The van der Waals surface area contributed by atoms with Crippen LogP contribution in [0, 0.1) is 10.1 Å². The second-order valence-corrected chi connectivity index (χ2v) is 6.73. The van der Waals surface area contributed by atoms with Gasteiger partial charge in [-0.3, -0.25) is 10.1 Å². The molecule has 0 spiro atoms. The Morgan fingerprint density at radius 3 is 2.76 bits per heavy atom. The molecule has 1 aromatic carbocycles. The van der Waals surface area contributed by atoms with Crippen molar-refractivity contribution < 1.29 is 17.8 Å². The molecule has 21 heavy (non-hydrogen) atoms. The van der Waals surface area contributed by atoms with Gasteiger partial charge in [0.1, 0.15) is 0 Å². The molecule has 9 nitrogen and oxygen atoms in total. The summed E-state index contributed by atoms with van der Waals surface area (Å²) in [6.45, 7) is 0.0845. The lowest BCUT2D eigenvalue weighted by molar-refractivity contribution is -0.383. The summed E-state index contributed by atoms with van der Waals surface area (Å²) >= 11 is 0. The Morgan fingerprint density at radius 2 is 2.14 bits per heavy atom. The van der Waals surface area contributed by atoms with Crippen LogP contribution in [0.3, 0.4) is 0 Å². The predicted octanol–water partition coefficient (Wildman–Crippen LogP) is 1.04. The lowest BCUT2D eigenvalue weighted by Gasteiger charge is -2.10. The van der Waals surface area contributed by atoms with Crippen LogP contribution in [0.25, 0.3) is 11.1 Å². The summed E-state index contributed by atoms with van der Waals surface area (Å²) in [5, 5.41) is 13.6. The Hall–Kier alpha value is -2.20. The van der Waals surface area contributed by atoms with Crippen molar-refractivity contribution >= 4 is 32.8 Å². The fraction of sp³-hybridized carbons (Fsp3) is 0.364. The Kier molecular flexibility index (Phi) is 4.09. The summed E-state index contributed by atoms with van der Waals surface area (Å²) in [5.74, 6) is -0.138. The largest absolute Gasteiger partial charge is 0.423 e. The van der Waals surface area contributed by atoms with Gasteiger partial charge in [0.15, 0.2) is 11.1 Å². The number of nitrogens with zero attached hydrogens (tertiary/aromatic N) is 3. The lowest BCUT2D eigenvalue weighted by atomic mass is 10.3. The Morgan fingerprint density at radius 1 is 1.43 bits per heavy atom. The Labute approximate surface area is 120 Å². The average molecular weight is 314 g/mol. The molecule has 0 saturated heterocycles. The van der Waals surface area contributed by atoms with E-state index in [0.717, 1.165) is 4.31 Å². The van der Waals surface area contributed by atoms with Gasteiger partial charge in [0.2, 0.25) is 10.0 Å². The van der Waals surface area contributed by atoms with E-state index < -0.39 is 14.9 Å². The maximum Gasteiger partial charge on any atom is 0.298 e. The van der Waals surface area contributed by atoms with Gasteiger partial charge in [-0.1, -0.05) is 6.07 Å². The average Bonchev–Trinajstić information content (AvgIpc) is 2.80. The summed E-state index contributed by atoms with van der Waals surface area (Å²) in [7, 11) is -0.442. The number of nitro benzene ring substituents is 1. The molecule has 0 aliphatic heterocycles. The van der Waals surface area contributed by atoms with E-state index in [1.807, 2.05) is 0 Å². The number of benzene rings is 1. The third-order valence-electron chi connectivity index (χ3n) is 2.79. The van der Waals surface area contributed by atoms with Crippen LogP contribution in [0.4, 0.5) is 11.7 Å². The summed E-state index contributed by atoms with van der Waals surface area (Å²) in [5.41, 5.74) is 0.229. The van der Waals surface area contributed by atoms with Crippen LogP contribution in [0.2, 0.25) is 0 Å². The van der Waals surface area contributed by atoms with Gasteiger partial charge in [0, 0.05) is 26.7 Å². The highest BCUT2D eigenvalue weighted by Crippen LogP contribution is 2.27. The van der Waals surface area contributed by atoms with E-state index in [0.29, 0.717) is 0 Å². The molecule has 0 fully saturated rings. The fourth-order valence-electron chi connectivity index (χ4n) is 1.63. The molecule has 1 aromatic heterocycles. The molecule has 2 rings (SSSR count). The molecule has 1 heterocycles. The molecule has 1 N–H and O–H groups in total. The van der Waals surface area contributed by atoms with Crippen LogP contribution < -0.4 is 5.32 Å². The van der Waals surface area contributed by atoms with E-state index in [4.69, 9.17) is 4.42 Å². The second-order valence-electron chi connectivity index (χ2n) is 4.43. The number of non-ortho nitro benzene ring substituents is 1. The van der Waals surface area contributed by atoms with E-state index in [2.05, 4.69) is 10.3 Å². The van der Waals surface area contributed by atoms with Crippen LogP contribution in [0.5, 0.6) is 0 Å². The molecule has 0 atom stereocenters. The smallest absolute Gasteiger partial charge is 0.298 e. The molecule has 0 radical (unpaired) electrons. The van der Waals surface area contributed by atoms with Crippen molar-refractivity contribution in [2.45, 2.75) is 0 Å². The second kappa shape index (κ2) is 5.66. The molecule has 0 amide bonds. The van der Waals surface area contributed by atoms with E-state index >= 15 is 0 Å². The summed E-state index contributed by atoms with van der Waals surface area (Å²) in [4.78, 5) is 14.3. The number of hydrogen-bond acceptors (Lipinski definition) is 7. The maximum absolute atomic E-state index is 11.6. The topological polar surface area (TPSA) is 119 Å². The van der Waals surface area contributed by atoms with E-state index in [-0.39, 0.29) is 35.1 Å². The molecule has 114 valence electrons. The highest BCUT2D eigenvalue weighted by molar-refractivity contribution is 7.89. The third kappa shape index (κ3) is 3.28. The van der Waals surface area contributed by atoms with Gasteiger partial charge < -0.3 is 9.73 Å². The number of nitrogens with one attached hydrogen (secondary N) is 1. The van der Waals surface area contributed by atoms with Crippen LogP contribution >= 0.6 is 0 Å². The van der Waals surface area contributed by atoms with Gasteiger partial charge in [0.25, 0.3) is 11.7 Å². The molecule has 0 saturated carbocycles. The van der Waals surface area contributed by atoms with Crippen LogP contribution in [-0.4, -0.2) is 49.0 Å². The molecule has 0 unspecified atom stereocenters. The monoisotopic (exact) mass is 314 g/mol. The highest BCUT2D eigenvalue weighted by Gasteiger charge is 2.18. The number of hydrogen-bond donors (Lipinski definition) is 1. The SMILES string of the molecule is CN(C)S(=O)(=O)CCNc1nc2c([N+](=O)[O-])cccc2o1. The molecule has 0 bridgehead atoms. The molecule has 2 aromatic rings. The number of anilines is 1. The van der Waals surface area contributed by atoms with Gasteiger partial charge in [-0.05, 0) is 6.07 Å². The first-order valence-electron chi connectivity index (χ1n) is 5.99. The van der Waals surface area contributed by atoms with Gasteiger partial charge >= 0.3 is 0 Å². The van der Waals surface area contributed by atoms with E-state index in [1.54, 1.807) is 6.07 Å². The number of oxazole rings is 1. The quantitative estimate of drug-likeness (QED) is 0.625. The first kappa shape index (κ1) is 15.2. The molecular formula is C11H14N4O5S. The van der Waals surface area contributed by atoms with Gasteiger partial charge in [-0.25, -0.2) is 12.7 Å². The number of nitro groups is 1. The standard InChI is InChI=1S/C11H14N4O5S/c1-14(2)21(18,19)7-6-12-11-13-10-8(15(16)17)4-3-5-9(10)20-11/h3-5H,6-7H2,1-2H3,(H,12,13). The Balaban J connectivity index is 2.14. The zero-order valence-electron chi connectivity index (χ0n) is 11.4. The molecule has 0 aliphatic carbocycles. The zero-order valence-corrected chi connectivity index (χ0v) is 12.3. The van der Waals surface area contributed by atoms with Gasteiger partial charge in [0.05, 0.1) is 10.7 Å². The number of fused-ring (bicyclic) bond motifs is 1. The third-order valence-corrected chi connectivity index (χ3v) is 4.62. The van der Waals surface area contributed by atoms with Gasteiger partial charge in [-0.15, -0.1) is 0 Å². The van der Waals surface area contributed by atoms with Crippen LogP contribution in [0.1, 0.15) is 0 Å². The minimum Gasteiger partial charge on any atom is -0.423 e. The first-order valence-corrected chi connectivity index (χ1v) is 7.60. The number of sulfonamides is 1. The van der Waals surface area contributed by atoms with Crippen molar-refractivity contribution in [3.8, 4) is 0 Å². The van der Waals surface area contributed by atoms with Gasteiger partial charge in [-0.2, -0.15) is 4.98 Å². The van der Waals surface area contributed by atoms with Crippen LogP contribution in [-0.2, 0) is 10.0 Å². The maximum atomic E-state index is 11.6. The highest BCUT2D eigenvalue weighted by atomic mass is 32.2. The van der Waals surface area contributed by atoms with Crippen molar-refractivity contribution in [1.82, 2.24) is 9.29 Å². The van der Waals surface area contributed by atoms with Crippen molar-refractivity contribution in [2.75, 3.05) is 31.7 Å². The number of para-hydroxylation sites is 1. The minimum atomic E-state index is -3.33. The summed E-state index contributed by atoms with van der Waals surface area (Å²) in [6.07, 6.45) is 0. The molecule has 0 aliphatic rings. The Bertz CT molecular complexity index is 768. The van der Waals surface area contributed by atoms with Crippen molar-refractivity contribution in [1.29, 1.82) is 0 Å². The van der Waals surface area contributed by atoms with Crippen molar-refractivity contribution in [3.05, 3.63) is 28.3 Å². The lowest BCUT2D eigenvalue weighted by Crippen LogP contribution is -2.28. The zero-order chi connectivity index (χ0) is 15.6. The summed E-state index contributed by atoms with van der Waals surface area (Å²) in [6, 6.07) is 4.42. The van der Waals surface area contributed by atoms with Crippen LogP contribution in [0.15, 0.2) is 22.6 Å². The normalized spacial score (nSPS) is 12.0. The molecule has 10 heteroatoms. The van der Waals surface area contributed by atoms with E-state index in [9.17, 15) is 18.5 Å². The number of rotatable bonds is 6. The summed E-state index contributed by atoms with van der Waals surface area (Å²) < 4.78 is 29.6. The van der Waals surface area contributed by atoms with E-state index in [1.165, 1.54) is 26.2 Å². The number of aromatic nitrogens is 1.